The molecule has 3 aliphatic rings. The fraction of sp³-hybridized carbons (Fsp3) is 0.765. The molecule has 2 aliphatic carbocycles. The van der Waals surface area contributed by atoms with Crippen LogP contribution in [-0.4, -0.2) is 38.4 Å². The molecule has 5 nitrogen and oxygen atoms in total. The lowest BCUT2D eigenvalue weighted by Crippen LogP contribution is -2.42. The largest absolute Gasteiger partial charge is 0.465 e. The highest BCUT2D eigenvalue weighted by Gasteiger charge is 2.61. The van der Waals surface area contributed by atoms with Gasteiger partial charge in [-0.15, -0.1) is 0 Å². The lowest BCUT2D eigenvalue weighted by molar-refractivity contribution is -0.169. The Morgan fingerprint density at radius 2 is 1.82 bits per heavy atom. The van der Waals surface area contributed by atoms with Crippen LogP contribution in [0, 0.1) is 23.2 Å². The molecule has 1 saturated carbocycles. The summed E-state index contributed by atoms with van der Waals surface area (Å²) in [7, 11) is 0. The van der Waals surface area contributed by atoms with Crippen molar-refractivity contribution in [2.75, 3.05) is 26.4 Å². The van der Waals surface area contributed by atoms with Crippen LogP contribution < -0.4 is 0 Å². The summed E-state index contributed by atoms with van der Waals surface area (Å²) in [5.41, 5.74) is 0.871. The zero-order chi connectivity index (χ0) is 15.9. The zero-order valence-corrected chi connectivity index (χ0v) is 13.5. The fourth-order valence-corrected chi connectivity index (χ4v) is 4.58. The molecule has 0 aromatic carbocycles. The number of esters is 2. The molecule has 1 heterocycles. The fourth-order valence-electron chi connectivity index (χ4n) is 4.58. The van der Waals surface area contributed by atoms with Crippen LogP contribution in [0.5, 0.6) is 0 Å². The van der Waals surface area contributed by atoms with Crippen molar-refractivity contribution in [2.45, 2.75) is 33.6 Å². The molecule has 0 amide bonds. The number of hydrogen-bond donors (Lipinski definition) is 0. The first-order valence-electron chi connectivity index (χ1n) is 8.19. The van der Waals surface area contributed by atoms with Gasteiger partial charge in [-0.1, -0.05) is 5.57 Å². The number of ether oxygens (including phenoxy) is 3. The number of rotatable bonds is 4. The van der Waals surface area contributed by atoms with Gasteiger partial charge < -0.3 is 14.2 Å². The van der Waals surface area contributed by atoms with Crippen LogP contribution in [0.15, 0.2) is 11.1 Å². The third-order valence-electron chi connectivity index (χ3n) is 5.50. The highest BCUT2D eigenvalue weighted by molar-refractivity contribution is 6.04. The summed E-state index contributed by atoms with van der Waals surface area (Å²) in [6.45, 7) is 7.46. The number of hydrogen-bond acceptors (Lipinski definition) is 5. The first-order valence-corrected chi connectivity index (χ1v) is 8.19. The van der Waals surface area contributed by atoms with Gasteiger partial charge in [0.05, 0.1) is 26.4 Å². The van der Waals surface area contributed by atoms with Crippen molar-refractivity contribution in [2.24, 2.45) is 23.2 Å². The van der Waals surface area contributed by atoms with Gasteiger partial charge in [0.25, 0.3) is 0 Å². The molecule has 0 bridgehead atoms. The van der Waals surface area contributed by atoms with E-state index >= 15 is 0 Å². The highest BCUT2D eigenvalue weighted by atomic mass is 16.6. The number of fused-ring (bicyclic) bond motifs is 3. The van der Waals surface area contributed by atoms with Crippen LogP contribution in [0.1, 0.15) is 33.6 Å². The predicted octanol–water partition coefficient (Wildman–Crippen LogP) is 2.10. The minimum atomic E-state index is -1.24. The quantitative estimate of drug-likeness (QED) is 0.452. The Morgan fingerprint density at radius 3 is 2.41 bits per heavy atom. The normalized spacial score (nSPS) is 31.9. The molecule has 0 aromatic rings. The van der Waals surface area contributed by atoms with Gasteiger partial charge in [0, 0.05) is 5.92 Å². The first kappa shape index (κ1) is 15.5. The van der Waals surface area contributed by atoms with Crippen LogP contribution >= 0.6 is 0 Å². The van der Waals surface area contributed by atoms with E-state index in [0.717, 1.165) is 18.6 Å². The summed E-state index contributed by atoms with van der Waals surface area (Å²) in [4.78, 5) is 25.3. The SMILES string of the molecule is CCOC(=O)C1(C(=O)OCC)C[C@H]2C[C@@H]3COC[C@@H]3C2=C1C. The molecule has 1 saturated heterocycles. The summed E-state index contributed by atoms with van der Waals surface area (Å²) in [6.07, 6.45) is 1.50. The minimum absolute atomic E-state index is 0.266. The summed E-state index contributed by atoms with van der Waals surface area (Å²) in [5.74, 6) is 0.271. The van der Waals surface area contributed by atoms with Gasteiger partial charge in [0.1, 0.15) is 0 Å². The molecule has 0 N–H and O–H groups in total. The van der Waals surface area contributed by atoms with E-state index in [1.54, 1.807) is 13.8 Å². The Kier molecular flexibility index (Phi) is 4.02. The van der Waals surface area contributed by atoms with Crippen molar-refractivity contribution in [3.05, 3.63) is 11.1 Å². The van der Waals surface area contributed by atoms with Crippen molar-refractivity contribution < 1.29 is 23.8 Å². The minimum Gasteiger partial charge on any atom is -0.465 e. The van der Waals surface area contributed by atoms with E-state index in [4.69, 9.17) is 14.2 Å². The van der Waals surface area contributed by atoms with Crippen LogP contribution in [0.2, 0.25) is 0 Å². The van der Waals surface area contributed by atoms with Crippen molar-refractivity contribution in [3.8, 4) is 0 Å². The maximum Gasteiger partial charge on any atom is 0.327 e. The Morgan fingerprint density at radius 1 is 1.18 bits per heavy atom. The van der Waals surface area contributed by atoms with Gasteiger partial charge in [-0.05, 0) is 51.0 Å². The monoisotopic (exact) mass is 308 g/mol. The molecular formula is C17H24O5. The van der Waals surface area contributed by atoms with Crippen LogP contribution in [-0.2, 0) is 23.8 Å². The summed E-state index contributed by atoms with van der Waals surface area (Å²) in [6, 6.07) is 0. The second-order valence-corrected chi connectivity index (χ2v) is 6.47. The molecule has 5 heteroatoms. The van der Waals surface area contributed by atoms with E-state index < -0.39 is 17.4 Å². The predicted molar refractivity (Wildman–Crippen MR) is 78.9 cm³/mol. The summed E-state index contributed by atoms with van der Waals surface area (Å²) >= 11 is 0. The first-order chi connectivity index (χ1) is 10.6. The Bertz CT molecular complexity index is 503. The Balaban J connectivity index is 2.01. The molecular weight excluding hydrogens is 284 g/mol. The van der Waals surface area contributed by atoms with Gasteiger partial charge in [-0.2, -0.15) is 0 Å². The van der Waals surface area contributed by atoms with E-state index in [1.165, 1.54) is 5.57 Å². The maximum absolute atomic E-state index is 12.6. The second-order valence-electron chi connectivity index (χ2n) is 6.47. The van der Waals surface area contributed by atoms with Gasteiger partial charge >= 0.3 is 11.9 Å². The topological polar surface area (TPSA) is 61.8 Å². The second kappa shape index (κ2) is 5.69. The Labute approximate surface area is 131 Å². The van der Waals surface area contributed by atoms with Crippen molar-refractivity contribution in [3.63, 3.8) is 0 Å². The number of carbonyl (C=O) groups is 2. The Hall–Kier alpha value is -1.36. The van der Waals surface area contributed by atoms with Crippen molar-refractivity contribution in [1.82, 2.24) is 0 Å². The molecule has 0 unspecified atom stereocenters. The lowest BCUT2D eigenvalue weighted by Gasteiger charge is -2.27. The average Bonchev–Trinajstić information content (AvgIpc) is 3.10. The van der Waals surface area contributed by atoms with E-state index in [0.29, 0.717) is 24.9 Å². The highest BCUT2D eigenvalue weighted by Crippen LogP contribution is 2.58. The van der Waals surface area contributed by atoms with Gasteiger partial charge in [0.2, 0.25) is 0 Å². The molecule has 1 aliphatic heterocycles. The van der Waals surface area contributed by atoms with Gasteiger partial charge in [0.15, 0.2) is 5.41 Å². The molecule has 0 spiro atoms. The van der Waals surface area contributed by atoms with Gasteiger partial charge in [-0.25, -0.2) is 0 Å². The van der Waals surface area contributed by atoms with E-state index in [-0.39, 0.29) is 19.1 Å². The van der Waals surface area contributed by atoms with E-state index in [2.05, 4.69) is 0 Å². The molecule has 0 radical (unpaired) electrons. The lowest BCUT2D eigenvalue weighted by atomic mass is 9.78. The van der Waals surface area contributed by atoms with Crippen molar-refractivity contribution in [1.29, 1.82) is 0 Å². The third-order valence-corrected chi connectivity index (χ3v) is 5.50. The zero-order valence-electron chi connectivity index (χ0n) is 13.5. The summed E-state index contributed by atoms with van der Waals surface area (Å²) in [5, 5.41) is 0. The molecule has 3 atom stereocenters. The standard InChI is InChI=1S/C17H24O5/c1-4-21-15(18)17(16(19)22-5-2)7-11-6-12-8-20-9-13(12)14(11)10(17)3/h11-13H,4-9H2,1-3H3/t11-,12-,13+/m1/s1. The number of carbonyl (C=O) groups excluding carboxylic acids is 2. The maximum atomic E-state index is 12.6. The van der Waals surface area contributed by atoms with Crippen LogP contribution in [0.4, 0.5) is 0 Å². The van der Waals surface area contributed by atoms with Crippen LogP contribution in [0.3, 0.4) is 0 Å². The summed E-state index contributed by atoms with van der Waals surface area (Å²) < 4.78 is 16.1. The third kappa shape index (κ3) is 2.02. The van der Waals surface area contributed by atoms with Crippen LogP contribution in [0.25, 0.3) is 0 Å². The smallest absolute Gasteiger partial charge is 0.327 e. The molecule has 2 fully saturated rings. The average molecular weight is 308 g/mol. The van der Waals surface area contributed by atoms with E-state index in [9.17, 15) is 9.59 Å². The molecule has 0 aromatic heterocycles. The van der Waals surface area contributed by atoms with Gasteiger partial charge in [-0.3, -0.25) is 9.59 Å². The van der Waals surface area contributed by atoms with Crippen molar-refractivity contribution >= 4 is 11.9 Å². The molecule has 122 valence electrons. The molecule has 3 rings (SSSR count). The van der Waals surface area contributed by atoms with E-state index in [1.807, 2.05) is 6.92 Å². The molecule has 22 heavy (non-hydrogen) atoms.